The fourth-order valence-corrected chi connectivity index (χ4v) is 4.16. The number of fused-ring (bicyclic) bond motifs is 1. The molecule has 33 heavy (non-hydrogen) atoms. The molecular weight excluding hydrogens is 446 g/mol. The molecule has 0 spiro atoms. The number of aryl methyl sites for hydroxylation is 1. The quantitative estimate of drug-likeness (QED) is 0.377. The molecule has 8 heteroatoms. The van der Waals surface area contributed by atoms with E-state index in [0.717, 1.165) is 0 Å². The fourth-order valence-electron chi connectivity index (χ4n) is 3.97. The number of hydrogen-bond acceptors (Lipinski definition) is 6. The summed E-state index contributed by atoms with van der Waals surface area (Å²) in [5.74, 6) is -0.484. The van der Waals surface area contributed by atoms with Crippen LogP contribution in [0.1, 0.15) is 28.1 Å². The second-order valence-corrected chi connectivity index (χ2v) is 8.04. The number of aliphatic hydroxyl groups is 1. The van der Waals surface area contributed by atoms with Crippen LogP contribution in [0.5, 0.6) is 5.75 Å². The Morgan fingerprint density at radius 2 is 1.82 bits per heavy atom. The van der Waals surface area contributed by atoms with Crippen LogP contribution in [0.25, 0.3) is 11.0 Å². The van der Waals surface area contributed by atoms with E-state index in [1.54, 1.807) is 61.5 Å². The molecule has 5 rings (SSSR count). The molecule has 166 valence electrons. The number of Topliss-reactive ketones (excluding diaryl/α,β-unsaturated/α-hetero) is 1. The largest absolute Gasteiger partial charge is 0.503 e. The fraction of sp³-hybridized carbons (Fsp3) is 0.120. The minimum absolute atomic E-state index is 0.0218. The molecule has 1 aliphatic heterocycles. The molecule has 3 heterocycles. The van der Waals surface area contributed by atoms with Crippen LogP contribution < -0.4 is 9.64 Å². The molecule has 1 unspecified atom stereocenters. The highest BCUT2D eigenvalue weighted by atomic mass is 35.5. The summed E-state index contributed by atoms with van der Waals surface area (Å²) in [6.45, 7) is 1.76. The van der Waals surface area contributed by atoms with E-state index in [1.807, 2.05) is 0 Å². The van der Waals surface area contributed by atoms with Gasteiger partial charge in [0.2, 0.25) is 5.78 Å². The number of hydrogen-bond donors (Lipinski definition) is 1. The Hall–Kier alpha value is -3.97. The first kappa shape index (κ1) is 20.9. The van der Waals surface area contributed by atoms with Crippen LogP contribution in [-0.4, -0.2) is 23.9 Å². The van der Waals surface area contributed by atoms with Gasteiger partial charge in [-0.25, -0.2) is 0 Å². The van der Waals surface area contributed by atoms with E-state index >= 15 is 0 Å². The Morgan fingerprint density at radius 1 is 1.06 bits per heavy atom. The van der Waals surface area contributed by atoms with E-state index in [-0.39, 0.29) is 11.3 Å². The molecule has 0 radical (unpaired) electrons. The summed E-state index contributed by atoms with van der Waals surface area (Å²) in [5.41, 5.74) is 0.797. The van der Waals surface area contributed by atoms with Crippen LogP contribution >= 0.6 is 11.6 Å². The van der Waals surface area contributed by atoms with Crippen molar-refractivity contribution < 1.29 is 28.3 Å². The molecule has 2 aromatic carbocycles. The van der Waals surface area contributed by atoms with Gasteiger partial charge in [-0.3, -0.25) is 14.5 Å². The number of nitrogens with zero attached hydrogens (tertiary/aromatic N) is 1. The highest BCUT2D eigenvalue weighted by Gasteiger charge is 2.46. The van der Waals surface area contributed by atoms with Crippen molar-refractivity contribution in [2.75, 3.05) is 12.0 Å². The van der Waals surface area contributed by atoms with Crippen molar-refractivity contribution in [2.45, 2.75) is 13.0 Å². The molecule has 0 saturated heterocycles. The number of ether oxygens (including phenoxy) is 1. The van der Waals surface area contributed by atoms with Crippen LogP contribution in [0.15, 0.2) is 80.8 Å². The number of carbonyl (C=O) groups excluding carboxylic acids is 2. The standard InChI is InChI=1S/C25H18ClNO6/c1-13-3-9-19(32-13)22-21(23(28)20-12-14-11-15(26)4-10-18(14)33-20)24(29)25(30)27(22)16-5-7-17(31-2)8-6-16/h3-12,22,29H,1-2H3. The van der Waals surface area contributed by atoms with Crippen molar-refractivity contribution in [3.8, 4) is 5.75 Å². The molecule has 1 atom stereocenters. The van der Waals surface area contributed by atoms with Crippen LogP contribution in [-0.2, 0) is 4.79 Å². The van der Waals surface area contributed by atoms with Crippen molar-refractivity contribution in [1.82, 2.24) is 0 Å². The summed E-state index contributed by atoms with van der Waals surface area (Å²) >= 11 is 6.04. The summed E-state index contributed by atoms with van der Waals surface area (Å²) in [6, 6.07) is 15.6. The summed E-state index contributed by atoms with van der Waals surface area (Å²) in [4.78, 5) is 28.0. The third kappa shape index (κ3) is 3.47. The maximum absolute atomic E-state index is 13.5. The lowest BCUT2D eigenvalue weighted by molar-refractivity contribution is -0.117. The number of furan rings is 2. The first-order chi connectivity index (χ1) is 15.9. The van der Waals surface area contributed by atoms with Gasteiger partial charge in [0.15, 0.2) is 11.5 Å². The van der Waals surface area contributed by atoms with Crippen LogP contribution in [0.4, 0.5) is 5.69 Å². The van der Waals surface area contributed by atoms with Crippen molar-refractivity contribution in [3.63, 3.8) is 0 Å². The van der Waals surface area contributed by atoms with Crippen molar-refractivity contribution in [3.05, 3.63) is 94.3 Å². The highest BCUT2D eigenvalue weighted by Crippen LogP contribution is 2.43. The average molecular weight is 464 g/mol. The van der Waals surface area contributed by atoms with Crippen LogP contribution in [0, 0.1) is 6.92 Å². The van der Waals surface area contributed by atoms with Gasteiger partial charge in [0, 0.05) is 16.1 Å². The van der Waals surface area contributed by atoms with Gasteiger partial charge in [-0.15, -0.1) is 0 Å². The molecule has 0 bridgehead atoms. The molecule has 1 aliphatic rings. The Labute approximate surface area is 193 Å². The van der Waals surface area contributed by atoms with Gasteiger partial charge in [-0.05, 0) is 67.6 Å². The molecule has 1 amide bonds. The summed E-state index contributed by atoms with van der Waals surface area (Å²) in [7, 11) is 1.54. The lowest BCUT2D eigenvalue weighted by Gasteiger charge is -2.25. The zero-order valence-corrected chi connectivity index (χ0v) is 18.4. The van der Waals surface area contributed by atoms with Crippen LogP contribution in [0.3, 0.4) is 0 Å². The Morgan fingerprint density at radius 3 is 2.48 bits per heavy atom. The molecule has 0 fully saturated rings. The van der Waals surface area contributed by atoms with Gasteiger partial charge in [0.1, 0.15) is 28.9 Å². The topological polar surface area (TPSA) is 93.1 Å². The van der Waals surface area contributed by atoms with E-state index in [9.17, 15) is 14.7 Å². The molecule has 7 nitrogen and oxygen atoms in total. The normalized spacial score (nSPS) is 16.2. The smallest absolute Gasteiger partial charge is 0.294 e. The maximum Gasteiger partial charge on any atom is 0.294 e. The second-order valence-electron chi connectivity index (χ2n) is 7.61. The Bertz CT molecular complexity index is 1430. The number of amides is 1. The van der Waals surface area contributed by atoms with Crippen molar-refractivity contribution in [1.29, 1.82) is 0 Å². The van der Waals surface area contributed by atoms with E-state index in [0.29, 0.717) is 38.9 Å². The average Bonchev–Trinajstić information content (AvgIpc) is 3.49. The predicted octanol–water partition coefficient (Wildman–Crippen LogP) is 5.78. The van der Waals surface area contributed by atoms with Gasteiger partial charge in [-0.2, -0.15) is 0 Å². The van der Waals surface area contributed by atoms with Gasteiger partial charge in [0.05, 0.1) is 12.7 Å². The van der Waals surface area contributed by atoms with E-state index < -0.39 is 23.5 Å². The lowest BCUT2D eigenvalue weighted by atomic mass is 9.99. The number of methoxy groups -OCH3 is 1. The number of rotatable bonds is 5. The van der Waals surface area contributed by atoms with E-state index in [4.69, 9.17) is 25.2 Å². The molecule has 0 saturated carbocycles. The highest BCUT2D eigenvalue weighted by molar-refractivity contribution is 6.31. The summed E-state index contributed by atoms with van der Waals surface area (Å²) < 4.78 is 16.7. The first-order valence-corrected chi connectivity index (χ1v) is 10.5. The second kappa shape index (κ2) is 7.86. The summed E-state index contributed by atoms with van der Waals surface area (Å²) in [5, 5.41) is 11.9. The number of benzene rings is 2. The van der Waals surface area contributed by atoms with Crippen molar-refractivity contribution >= 4 is 39.9 Å². The SMILES string of the molecule is COc1ccc(N2C(=O)C(O)=C(C(=O)c3cc4cc(Cl)ccc4o3)C2c2ccc(C)o2)cc1. The minimum Gasteiger partial charge on any atom is -0.503 e. The Kier molecular flexibility index (Phi) is 4.98. The Balaban J connectivity index is 1.63. The number of anilines is 1. The molecule has 2 aromatic heterocycles. The van der Waals surface area contributed by atoms with Gasteiger partial charge >= 0.3 is 0 Å². The summed E-state index contributed by atoms with van der Waals surface area (Å²) in [6.07, 6.45) is 0. The molecular formula is C25H18ClNO6. The molecule has 4 aromatic rings. The molecule has 1 N–H and O–H groups in total. The number of halogens is 1. The van der Waals surface area contributed by atoms with Crippen LogP contribution in [0.2, 0.25) is 5.02 Å². The zero-order chi connectivity index (χ0) is 23.3. The maximum atomic E-state index is 13.5. The third-order valence-corrected chi connectivity index (χ3v) is 5.77. The molecule has 0 aliphatic carbocycles. The van der Waals surface area contributed by atoms with Gasteiger partial charge < -0.3 is 18.7 Å². The number of ketones is 1. The van der Waals surface area contributed by atoms with Gasteiger partial charge in [0.25, 0.3) is 5.91 Å². The lowest BCUT2D eigenvalue weighted by Crippen LogP contribution is -2.30. The zero-order valence-electron chi connectivity index (χ0n) is 17.7. The number of aliphatic hydroxyl groups excluding tert-OH is 1. The number of carbonyl (C=O) groups is 2. The minimum atomic E-state index is -0.983. The predicted molar refractivity (Wildman–Crippen MR) is 122 cm³/mol. The first-order valence-electron chi connectivity index (χ1n) is 10.1. The van der Waals surface area contributed by atoms with E-state index in [2.05, 4.69) is 0 Å². The monoisotopic (exact) mass is 463 g/mol. The van der Waals surface area contributed by atoms with Gasteiger partial charge in [-0.1, -0.05) is 11.6 Å². The van der Waals surface area contributed by atoms with E-state index in [1.165, 1.54) is 18.1 Å². The van der Waals surface area contributed by atoms with Crippen molar-refractivity contribution in [2.24, 2.45) is 0 Å². The third-order valence-electron chi connectivity index (χ3n) is 5.54.